The Labute approximate surface area is 118 Å². The van der Waals surface area contributed by atoms with Gasteiger partial charge >= 0.3 is 0 Å². The highest BCUT2D eigenvalue weighted by Crippen LogP contribution is 2.33. The monoisotopic (exact) mass is 260 g/mol. The van der Waals surface area contributed by atoms with Gasteiger partial charge in [0.2, 0.25) is 0 Å². The predicted molar refractivity (Wildman–Crippen MR) is 81.1 cm³/mol. The van der Waals surface area contributed by atoms with E-state index in [4.69, 9.17) is 0 Å². The molecule has 0 bridgehead atoms. The van der Waals surface area contributed by atoms with Gasteiger partial charge in [-0.2, -0.15) is 0 Å². The van der Waals surface area contributed by atoms with Crippen molar-refractivity contribution in [2.45, 2.75) is 57.9 Å². The lowest BCUT2D eigenvalue weighted by molar-refractivity contribution is 0.207. The average molecular weight is 260 g/mol. The summed E-state index contributed by atoms with van der Waals surface area (Å²) in [5, 5.41) is 3.57. The third-order valence-corrected chi connectivity index (χ3v) is 4.81. The van der Waals surface area contributed by atoms with Gasteiger partial charge in [0.25, 0.3) is 0 Å². The summed E-state index contributed by atoms with van der Waals surface area (Å²) in [7, 11) is 2.13. The topological polar surface area (TPSA) is 24.9 Å². The van der Waals surface area contributed by atoms with Gasteiger partial charge in [0.05, 0.1) is 0 Å². The Morgan fingerprint density at radius 2 is 2.32 bits per heavy atom. The van der Waals surface area contributed by atoms with Crippen LogP contribution in [0.15, 0.2) is 24.5 Å². The largest absolute Gasteiger partial charge is 0.317 e. The normalized spacial score (nSPS) is 25.2. The Kier molecular flexibility index (Phi) is 5.84. The molecule has 1 aliphatic rings. The van der Waals surface area contributed by atoms with Gasteiger partial charge in [-0.3, -0.25) is 4.98 Å². The van der Waals surface area contributed by atoms with Gasteiger partial charge in [0.1, 0.15) is 0 Å². The van der Waals surface area contributed by atoms with Crippen molar-refractivity contribution in [3.8, 4) is 0 Å². The van der Waals surface area contributed by atoms with Crippen molar-refractivity contribution in [2.75, 3.05) is 7.05 Å². The highest BCUT2D eigenvalue weighted by molar-refractivity contribution is 5.08. The zero-order chi connectivity index (χ0) is 13.5. The van der Waals surface area contributed by atoms with Crippen LogP contribution in [0.5, 0.6) is 0 Å². The number of pyridine rings is 1. The molecule has 0 saturated heterocycles. The van der Waals surface area contributed by atoms with Crippen molar-refractivity contribution in [3.05, 3.63) is 30.1 Å². The average Bonchev–Trinajstić information content (AvgIpc) is 2.49. The van der Waals surface area contributed by atoms with E-state index < -0.39 is 0 Å². The quantitative estimate of drug-likeness (QED) is 0.841. The van der Waals surface area contributed by atoms with Gasteiger partial charge in [-0.25, -0.2) is 0 Å². The number of aromatic nitrogens is 1. The molecule has 1 saturated carbocycles. The van der Waals surface area contributed by atoms with E-state index in [1.807, 2.05) is 18.5 Å². The van der Waals surface area contributed by atoms with Crippen LogP contribution in [0, 0.1) is 11.8 Å². The molecule has 1 aliphatic carbocycles. The SMILES string of the molecule is CCC1CCCC(C(CCc2cccnc2)NC)C1. The van der Waals surface area contributed by atoms with Crippen molar-refractivity contribution in [1.29, 1.82) is 0 Å². The molecule has 0 spiro atoms. The second-order valence-electron chi connectivity index (χ2n) is 6.00. The Balaban J connectivity index is 1.85. The molecule has 0 radical (unpaired) electrons. The molecule has 1 aromatic heterocycles. The van der Waals surface area contributed by atoms with Crippen LogP contribution >= 0.6 is 0 Å². The highest BCUT2D eigenvalue weighted by Gasteiger charge is 2.26. The van der Waals surface area contributed by atoms with Gasteiger partial charge in [-0.05, 0) is 56.2 Å². The summed E-state index contributed by atoms with van der Waals surface area (Å²) in [5.41, 5.74) is 1.37. The van der Waals surface area contributed by atoms with E-state index in [9.17, 15) is 0 Å². The zero-order valence-corrected chi connectivity index (χ0v) is 12.4. The fourth-order valence-electron chi connectivity index (χ4n) is 3.55. The summed E-state index contributed by atoms with van der Waals surface area (Å²) in [6.07, 6.45) is 13.3. The smallest absolute Gasteiger partial charge is 0.0299 e. The van der Waals surface area contributed by atoms with Crippen LogP contribution in [0.3, 0.4) is 0 Å². The first kappa shape index (κ1) is 14.5. The van der Waals surface area contributed by atoms with E-state index in [0.29, 0.717) is 6.04 Å². The Bertz CT molecular complexity index is 350. The van der Waals surface area contributed by atoms with E-state index in [1.165, 1.54) is 44.1 Å². The number of nitrogens with zero attached hydrogens (tertiary/aromatic N) is 1. The van der Waals surface area contributed by atoms with Crippen LogP contribution in [0.2, 0.25) is 0 Å². The van der Waals surface area contributed by atoms with E-state index >= 15 is 0 Å². The summed E-state index contributed by atoms with van der Waals surface area (Å²) in [4.78, 5) is 4.21. The Hall–Kier alpha value is -0.890. The van der Waals surface area contributed by atoms with Crippen molar-refractivity contribution in [1.82, 2.24) is 10.3 Å². The number of aryl methyl sites for hydroxylation is 1. The summed E-state index contributed by atoms with van der Waals surface area (Å²) in [6.45, 7) is 2.34. The van der Waals surface area contributed by atoms with Gasteiger partial charge < -0.3 is 5.32 Å². The predicted octanol–water partition coefficient (Wildman–Crippen LogP) is 3.82. The molecule has 2 rings (SSSR count). The molecule has 3 unspecified atom stereocenters. The molecule has 1 heterocycles. The molecular weight excluding hydrogens is 232 g/mol. The van der Waals surface area contributed by atoms with E-state index in [0.717, 1.165) is 18.3 Å². The molecule has 0 aliphatic heterocycles. The van der Waals surface area contributed by atoms with Gasteiger partial charge in [0.15, 0.2) is 0 Å². The van der Waals surface area contributed by atoms with Crippen LogP contribution < -0.4 is 5.32 Å². The van der Waals surface area contributed by atoms with Gasteiger partial charge in [-0.15, -0.1) is 0 Å². The third kappa shape index (κ3) is 4.31. The summed E-state index contributed by atoms with van der Waals surface area (Å²) in [5.74, 6) is 1.84. The van der Waals surface area contributed by atoms with Crippen molar-refractivity contribution in [3.63, 3.8) is 0 Å². The zero-order valence-electron chi connectivity index (χ0n) is 12.4. The van der Waals surface area contributed by atoms with E-state index in [2.05, 4.69) is 30.3 Å². The van der Waals surface area contributed by atoms with E-state index in [-0.39, 0.29) is 0 Å². The Morgan fingerprint density at radius 1 is 1.42 bits per heavy atom. The molecule has 2 nitrogen and oxygen atoms in total. The van der Waals surface area contributed by atoms with Crippen molar-refractivity contribution >= 4 is 0 Å². The highest BCUT2D eigenvalue weighted by atomic mass is 14.9. The second kappa shape index (κ2) is 7.64. The minimum Gasteiger partial charge on any atom is -0.317 e. The van der Waals surface area contributed by atoms with Crippen molar-refractivity contribution in [2.24, 2.45) is 11.8 Å². The molecule has 3 atom stereocenters. The molecule has 19 heavy (non-hydrogen) atoms. The maximum atomic E-state index is 4.21. The lowest BCUT2D eigenvalue weighted by atomic mass is 9.75. The Morgan fingerprint density at radius 3 is 3.00 bits per heavy atom. The second-order valence-corrected chi connectivity index (χ2v) is 6.00. The first-order valence-electron chi connectivity index (χ1n) is 7.89. The first-order chi connectivity index (χ1) is 9.33. The first-order valence-corrected chi connectivity index (χ1v) is 7.89. The van der Waals surface area contributed by atoms with E-state index in [1.54, 1.807) is 0 Å². The molecular formula is C17H28N2. The van der Waals surface area contributed by atoms with Gasteiger partial charge in [-0.1, -0.05) is 32.3 Å². The van der Waals surface area contributed by atoms with Crippen LogP contribution in [0.4, 0.5) is 0 Å². The van der Waals surface area contributed by atoms with Crippen molar-refractivity contribution < 1.29 is 0 Å². The summed E-state index contributed by atoms with van der Waals surface area (Å²) < 4.78 is 0. The maximum Gasteiger partial charge on any atom is 0.0299 e. The lowest BCUT2D eigenvalue weighted by Crippen LogP contribution is -2.36. The molecule has 1 aromatic rings. The van der Waals surface area contributed by atoms with Crippen LogP contribution in [0.25, 0.3) is 0 Å². The molecule has 106 valence electrons. The number of nitrogens with one attached hydrogen (secondary N) is 1. The van der Waals surface area contributed by atoms with Crippen LogP contribution in [-0.2, 0) is 6.42 Å². The molecule has 1 fully saturated rings. The minimum atomic E-state index is 0.676. The standard InChI is InChI=1S/C17H28N2/c1-3-14-6-4-8-16(12-14)17(18-2)10-9-15-7-5-11-19-13-15/h5,7,11,13-14,16-18H,3-4,6,8-10,12H2,1-2H3. The molecule has 0 amide bonds. The number of rotatable bonds is 6. The fraction of sp³-hybridized carbons (Fsp3) is 0.706. The third-order valence-electron chi connectivity index (χ3n) is 4.81. The van der Waals surface area contributed by atoms with Gasteiger partial charge in [0, 0.05) is 18.4 Å². The number of hydrogen-bond acceptors (Lipinski definition) is 2. The molecule has 2 heteroatoms. The summed E-state index contributed by atoms with van der Waals surface area (Å²) >= 11 is 0. The molecule has 0 aromatic carbocycles. The molecule has 1 N–H and O–H groups in total. The van der Waals surface area contributed by atoms with Crippen LogP contribution in [0.1, 0.15) is 51.0 Å². The minimum absolute atomic E-state index is 0.676. The van der Waals surface area contributed by atoms with Crippen LogP contribution in [-0.4, -0.2) is 18.1 Å². The number of hydrogen-bond donors (Lipinski definition) is 1. The summed E-state index contributed by atoms with van der Waals surface area (Å²) in [6, 6.07) is 4.90. The maximum absolute atomic E-state index is 4.21. The lowest BCUT2D eigenvalue weighted by Gasteiger charge is -2.34. The fourth-order valence-corrected chi connectivity index (χ4v) is 3.55.